The van der Waals surface area contributed by atoms with Crippen LogP contribution in [-0.4, -0.2) is 17.4 Å². The SMILES string of the molecule is Cc1cccc(C)c1Nc1cncc(C(=O)NCCC(C)C)c1. The summed E-state index contributed by atoms with van der Waals surface area (Å²) in [5, 5.41) is 6.30. The van der Waals surface area contributed by atoms with Crippen molar-refractivity contribution in [3.05, 3.63) is 53.3 Å². The summed E-state index contributed by atoms with van der Waals surface area (Å²) in [6.45, 7) is 9.09. The summed E-state index contributed by atoms with van der Waals surface area (Å²) in [4.78, 5) is 16.4. The number of rotatable bonds is 6. The molecule has 2 aromatic rings. The number of nitrogens with one attached hydrogen (secondary N) is 2. The Balaban J connectivity index is 2.09. The van der Waals surface area contributed by atoms with Crippen molar-refractivity contribution in [1.82, 2.24) is 10.3 Å². The number of hydrogen-bond acceptors (Lipinski definition) is 3. The van der Waals surface area contributed by atoms with Crippen LogP contribution in [0.2, 0.25) is 0 Å². The molecule has 0 spiro atoms. The molecule has 0 bridgehead atoms. The van der Waals surface area contributed by atoms with Crippen molar-refractivity contribution in [3.63, 3.8) is 0 Å². The number of pyridine rings is 1. The Morgan fingerprint density at radius 2 is 1.87 bits per heavy atom. The van der Waals surface area contributed by atoms with Gasteiger partial charge >= 0.3 is 0 Å². The van der Waals surface area contributed by atoms with Gasteiger partial charge in [-0.25, -0.2) is 0 Å². The van der Waals surface area contributed by atoms with E-state index in [2.05, 4.69) is 55.4 Å². The van der Waals surface area contributed by atoms with Gasteiger partial charge in [0.1, 0.15) is 0 Å². The van der Waals surface area contributed by atoms with E-state index in [1.165, 1.54) is 0 Å². The molecular formula is C19H25N3O. The molecule has 0 radical (unpaired) electrons. The second-order valence-electron chi connectivity index (χ2n) is 6.29. The number of nitrogens with zero attached hydrogens (tertiary/aromatic N) is 1. The van der Waals surface area contributed by atoms with Crippen LogP contribution in [0.5, 0.6) is 0 Å². The number of para-hydroxylation sites is 1. The van der Waals surface area contributed by atoms with E-state index in [0.717, 1.165) is 28.9 Å². The van der Waals surface area contributed by atoms with Crippen LogP contribution in [0.25, 0.3) is 0 Å². The Labute approximate surface area is 138 Å². The number of amides is 1. The van der Waals surface area contributed by atoms with Crippen molar-refractivity contribution < 1.29 is 4.79 Å². The van der Waals surface area contributed by atoms with Crippen LogP contribution in [0.4, 0.5) is 11.4 Å². The molecule has 0 atom stereocenters. The van der Waals surface area contributed by atoms with Crippen LogP contribution in [0, 0.1) is 19.8 Å². The van der Waals surface area contributed by atoms with Gasteiger partial charge in [0.05, 0.1) is 17.4 Å². The van der Waals surface area contributed by atoms with E-state index < -0.39 is 0 Å². The first kappa shape index (κ1) is 17.0. The zero-order valence-corrected chi connectivity index (χ0v) is 14.3. The van der Waals surface area contributed by atoms with E-state index >= 15 is 0 Å². The first-order valence-corrected chi connectivity index (χ1v) is 8.04. The minimum atomic E-state index is -0.0803. The van der Waals surface area contributed by atoms with Crippen molar-refractivity contribution >= 4 is 17.3 Å². The maximum Gasteiger partial charge on any atom is 0.252 e. The second kappa shape index (κ2) is 7.77. The highest BCUT2D eigenvalue weighted by molar-refractivity contribution is 5.94. The molecule has 2 rings (SSSR count). The van der Waals surface area contributed by atoms with Crippen LogP contribution in [0.1, 0.15) is 41.8 Å². The summed E-state index contributed by atoms with van der Waals surface area (Å²) < 4.78 is 0. The molecule has 0 aliphatic heterocycles. The summed E-state index contributed by atoms with van der Waals surface area (Å²) >= 11 is 0. The zero-order chi connectivity index (χ0) is 16.8. The Kier molecular flexibility index (Phi) is 5.74. The highest BCUT2D eigenvalue weighted by atomic mass is 16.1. The molecule has 0 saturated carbocycles. The Hall–Kier alpha value is -2.36. The smallest absolute Gasteiger partial charge is 0.252 e. The van der Waals surface area contributed by atoms with E-state index in [9.17, 15) is 4.79 Å². The fraction of sp³-hybridized carbons (Fsp3) is 0.368. The van der Waals surface area contributed by atoms with Crippen molar-refractivity contribution in [2.24, 2.45) is 5.92 Å². The molecule has 122 valence electrons. The second-order valence-corrected chi connectivity index (χ2v) is 6.29. The van der Waals surface area contributed by atoms with Crippen LogP contribution >= 0.6 is 0 Å². The largest absolute Gasteiger partial charge is 0.354 e. The Morgan fingerprint density at radius 3 is 2.52 bits per heavy atom. The Morgan fingerprint density at radius 1 is 1.17 bits per heavy atom. The minimum Gasteiger partial charge on any atom is -0.354 e. The third kappa shape index (κ3) is 4.81. The van der Waals surface area contributed by atoms with Gasteiger partial charge in [-0.3, -0.25) is 9.78 Å². The average molecular weight is 311 g/mol. The van der Waals surface area contributed by atoms with Crippen LogP contribution < -0.4 is 10.6 Å². The number of carbonyl (C=O) groups excluding carboxylic acids is 1. The van der Waals surface area contributed by atoms with Gasteiger partial charge in [0.15, 0.2) is 0 Å². The van der Waals surface area contributed by atoms with E-state index in [1.54, 1.807) is 12.4 Å². The molecule has 1 aromatic heterocycles. The number of anilines is 2. The monoisotopic (exact) mass is 311 g/mol. The quantitative estimate of drug-likeness (QED) is 0.840. The van der Waals surface area contributed by atoms with Gasteiger partial charge < -0.3 is 10.6 Å². The lowest BCUT2D eigenvalue weighted by Crippen LogP contribution is -2.25. The van der Waals surface area contributed by atoms with Gasteiger partial charge in [0, 0.05) is 18.4 Å². The maximum absolute atomic E-state index is 12.2. The van der Waals surface area contributed by atoms with E-state index in [0.29, 0.717) is 18.0 Å². The Bertz CT molecular complexity index is 660. The van der Waals surface area contributed by atoms with Gasteiger partial charge in [-0.2, -0.15) is 0 Å². The van der Waals surface area contributed by atoms with Crippen molar-refractivity contribution in [3.8, 4) is 0 Å². The summed E-state index contributed by atoms with van der Waals surface area (Å²) in [6.07, 6.45) is 4.30. The first-order valence-electron chi connectivity index (χ1n) is 8.04. The highest BCUT2D eigenvalue weighted by Gasteiger charge is 2.08. The van der Waals surface area contributed by atoms with Crippen LogP contribution in [-0.2, 0) is 0 Å². The molecule has 0 aliphatic rings. The topological polar surface area (TPSA) is 54.0 Å². The summed E-state index contributed by atoms with van der Waals surface area (Å²) in [6, 6.07) is 7.99. The minimum absolute atomic E-state index is 0.0803. The number of benzene rings is 1. The number of carbonyl (C=O) groups is 1. The first-order chi connectivity index (χ1) is 11.0. The van der Waals surface area contributed by atoms with Crippen molar-refractivity contribution in [2.75, 3.05) is 11.9 Å². The van der Waals surface area contributed by atoms with Gasteiger partial charge in [-0.05, 0) is 43.4 Å². The molecule has 0 unspecified atom stereocenters. The fourth-order valence-corrected chi connectivity index (χ4v) is 2.36. The molecule has 0 fully saturated rings. The van der Waals surface area contributed by atoms with Gasteiger partial charge in [0.25, 0.3) is 5.91 Å². The number of aryl methyl sites for hydroxylation is 2. The molecule has 1 heterocycles. The molecule has 1 amide bonds. The third-order valence-corrected chi connectivity index (χ3v) is 3.76. The molecule has 1 aromatic carbocycles. The van der Waals surface area contributed by atoms with Crippen LogP contribution in [0.15, 0.2) is 36.7 Å². The van der Waals surface area contributed by atoms with Gasteiger partial charge in [0.2, 0.25) is 0 Å². The van der Waals surface area contributed by atoms with E-state index in [-0.39, 0.29) is 5.91 Å². The lowest BCUT2D eigenvalue weighted by molar-refractivity contribution is 0.0951. The normalized spacial score (nSPS) is 10.7. The fourth-order valence-electron chi connectivity index (χ4n) is 2.36. The predicted molar refractivity (Wildman–Crippen MR) is 95.2 cm³/mol. The van der Waals surface area contributed by atoms with Crippen LogP contribution in [0.3, 0.4) is 0 Å². The summed E-state index contributed by atoms with van der Waals surface area (Å²) in [5.74, 6) is 0.494. The number of aromatic nitrogens is 1. The zero-order valence-electron chi connectivity index (χ0n) is 14.3. The molecule has 2 N–H and O–H groups in total. The lowest BCUT2D eigenvalue weighted by atomic mass is 10.1. The predicted octanol–water partition coefficient (Wildman–Crippen LogP) is 4.22. The van der Waals surface area contributed by atoms with Gasteiger partial charge in [-0.15, -0.1) is 0 Å². The van der Waals surface area contributed by atoms with Crippen molar-refractivity contribution in [2.45, 2.75) is 34.1 Å². The maximum atomic E-state index is 12.2. The summed E-state index contributed by atoms with van der Waals surface area (Å²) in [7, 11) is 0. The van der Waals surface area contributed by atoms with E-state index in [1.807, 2.05) is 12.1 Å². The molecule has 23 heavy (non-hydrogen) atoms. The molecular weight excluding hydrogens is 286 g/mol. The van der Waals surface area contributed by atoms with E-state index in [4.69, 9.17) is 0 Å². The average Bonchev–Trinajstić information content (AvgIpc) is 2.51. The third-order valence-electron chi connectivity index (χ3n) is 3.76. The molecule has 0 saturated heterocycles. The number of hydrogen-bond donors (Lipinski definition) is 2. The van der Waals surface area contributed by atoms with Gasteiger partial charge in [-0.1, -0.05) is 32.0 Å². The molecule has 4 nitrogen and oxygen atoms in total. The molecule has 0 aliphatic carbocycles. The van der Waals surface area contributed by atoms with Crippen molar-refractivity contribution in [1.29, 1.82) is 0 Å². The highest BCUT2D eigenvalue weighted by Crippen LogP contribution is 2.24. The standard InChI is InChI=1S/C19H25N3O/c1-13(2)8-9-21-19(23)16-10-17(12-20-11-16)22-18-14(3)6-5-7-15(18)4/h5-7,10-13,22H,8-9H2,1-4H3,(H,21,23). The molecule has 4 heteroatoms. The summed E-state index contributed by atoms with van der Waals surface area (Å²) in [5.41, 5.74) is 4.78. The lowest BCUT2D eigenvalue weighted by Gasteiger charge is -2.13.